The summed E-state index contributed by atoms with van der Waals surface area (Å²) in [6, 6.07) is 7.18. The van der Waals surface area contributed by atoms with Crippen LogP contribution in [0.4, 0.5) is 0 Å². The van der Waals surface area contributed by atoms with E-state index >= 15 is 0 Å². The maximum absolute atomic E-state index is 10.6. The summed E-state index contributed by atoms with van der Waals surface area (Å²) in [7, 11) is 0. The molecule has 0 amide bonds. The second-order valence-electron chi connectivity index (χ2n) is 3.99. The normalized spacial score (nSPS) is 20.4. The summed E-state index contributed by atoms with van der Waals surface area (Å²) < 4.78 is 11.2. The van der Waals surface area contributed by atoms with E-state index in [1.165, 1.54) is 6.42 Å². The maximum atomic E-state index is 10.6. The van der Waals surface area contributed by atoms with Crippen LogP contribution in [-0.4, -0.2) is 25.6 Å². The van der Waals surface area contributed by atoms with Gasteiger partial charge < -0.3 is 9.47 Å². The molecule has 0 saturated carbocycles. The fourth-order valence-corrected chi connectivity index (χ4v) is 1.81. The number of carbonyl (C=O) groups is 1. The van der Waals surface area contributed by atoms with Crippen molar-refractivity contribution >= 4 is 6.29 Å². The molecule has 16 heavy (non-hydrogen) atoms. The molecule has 86 valence electrons. The Hall–Kier alpha value is -1.35. The first-order chi connectivity index (χ1) is 7.88. The van der Waals surface area contributed by atoms with Crippen molar-refractivity contribution < 1.29 is 14.3 Å². The molecule has 0 bridgehead atoms. The molecule has 3 nitrogen and oxygen atoms in total. The highest BCUT2D eigenvalue weighted by Gasteiger charge is 2.14. The molecule has 0 aromatic heterocycles. The molecular weight excluding hydrogens is 204 g/mol. The largest absolute Gasteiger partial charge is 0.491 e. The third-order valence-corrected chi connectivity index (χ3v) is 2.70. The van der Waals surface area contributed by atoms with Crippen molar-refractivity contribution in [2.45, 2.75) is 25.4 Å². The highest BCUT2D eigenvalue weighted by molar-refractivity contribution is 5.75. The van der Waals surface area contributed by atoms with Crippen molar-refractivity contribution in [3.05, 3.63) is 29.8 Å². The van der Waals surface area contributed by atoms with Crippen molar-refractivity contribution in [3.63, 3.8) is 0 Å². The predicted octanol–water partition coefficient (Wildman–Crippen LogP) is 2.45. The summed E-state index contributed by atoms with van der Waals surface area (Å²) in [5.41, 5.74) is 0.641. The molecule has 1 atom stereocenters. The lowest BCUT2D eigenvalue weighted by atomic mass is 10.1. The third kappa shape index (κ3) is 3.07. The molecule has 1 aromatic rings. The molecule has 1 heterocycles. The average molecular weight is 220 g/mol. The Bertz CT molecular complexity index is 343. The number of benzene rings is 1. The van der Waals surface area contributed by atoms with Crippen molar-refractivity contribution in [3.8, 4) is 5.75 Å². The minimum atomic E-state index is 0.202. The highest BCUT2D eigenvalue weighted by atomic mass is 16.5. The summed E-state index contributed by atoms with van der Waals surface area (Å²) in [6.07, 6.45) is 4.45. The summed E-state index contributed by atoms with van der Waals surface area (Å²) in [5, 5.41) is 0. The van der Waals surface area contributed by atoms with Gasteiger partial charge in [0.05, 0.1) is 6.10 Å². The molecular formula is C13H16O3. The zero-order chi connectivity index (χ0) is 11.2. The van der Waals surface area contributed by atoms with Gasteiger partial charge in [0.1, 0.15) is 18.6 Å². The Morgan fingerprint density at radius 3 is 3.12 bits per heavy atom. The Balaban J connectivity index is 1.85. The van der Waals surface area contributed by atoms with E-state index in [0.29, 0.717) is 12.2 Å². The van der Waals surface area contributed by atoms with E-state index in [2.05, 4.69) is 0 Å². The monoisotopic (exact) mass is 220 g/mol. The molecule has 1 aliphatic heterocycles. The van der Waals surface area contributed by atoms with E-state index in [4.69, 9.17) is 9.47 Å². The molecule has 0 N–H and O–H groups in total. The summed E-state index contributed by atoms with van der Waals surface area (Å²) >= 11 is 0. The number of ether oxygens (including phenoxy) is 2. The first-order valence-corrected chi connectivity index (χ1v) is 5.68. The zero-order valence-electron chi connectivity index (χ0n) is 9.22. The van der Waals surface area contributed by atoms with Crippen LogP contribution in [0.1, 0.15) is 29.6 Å². The van der Waals surface area contributed by atoms with Gasteiger partial charge in [-0.05, 0) is 31.4 Å². The Kier molecular flexibility index (Phi) is 3.94. The second kappa shape index (κ2) is 5.66. The van der Waals surface area contributed by atoms with Crippen LogP contribution in [0.3, 0.4) is 0 Å². The molecule has 1 aliphatic rings. The van der Waals surface area contributed by atoms with E-state index in [1.807, 2.05) is 12.1 Å². The van der Waals surface area contributed by atoms with Crippen LogP contribution >= 0.6 is 0 Å². The fraction of sp³-hybridized carbons (Fsp3) is 0.462. The lowest BCUT2D eigenvalue weighted by Crippen LogP contribution is -2.25. The van der Waals surface area contributed by atoms with E-state index in [1.54, 1.807) is 12.1 Å². The topological polar surface area (TPSA) is 35.5 Å². The van der Waals surface area contributed by atoms with Gasteiger partial charge in [-0.1, -0.05) is 12.1 Å². The van der Waals surface area contributed by atoms with Gasteiger partial charge in [-0.15, -0.1) is 0 Å². The van der Waals surface area contributed by atoms with Gasteiger partial charge in [-0.3, -0.25) is 4.79 Å². The molecule has 0 radical (unpaired) electrons. The van der Waals surface area contributed by atoms with Crippen molar-refractivity contribution in [2.75, 3.05) is 13.2 Å². The lowest BCUT2D eigenvalue weighted by molar-refractivity contribution is -0.0110. The highest BCUT2D eigenvalue weighted by Crippen LogP contribution is 2.16. The Morgan fingerprint density at radius 1 is 1.44 bits per heavy atom. The van der Waals surface area contributed by atoms with Crippen LogP contribution in [0.25, 0.3) is 0 Å². The minimum absolute atomic E-state index is 0.202. The first kappa shape index (κ1) is 11.1. The average Bonchev–Trinajstić information content (AvgIpc) is 2.38. The number of hydrogen-bond donors (Lipinski definition) is 0. The van der Waals surface area contributed by atoms with Crippen molar-refractivity contribution in [1.29, 1.82) is 0 Å². The number of rotatable bonds is 4. The van der Waals surface area contributed by atoms with E-state index in [0.717, 1.165) is 31.5 Å². The summed E-state index contributed by atoms with van der Waals surface area (Å²) in [4.78, 5) is 10.6. The maximum Gasteiger partial charge on any atom is 0.150 e. The molecule has 2 rings (SSSR count). The molecule has 1 saturated heterocycles. The fourth-order valence-electron chi connectivity index (χ4n) is 1.81. The molecule has 0 spiro atoms. The smallest absolute Gasteiger partial charge is 0.150 e. The second-order valence-corrected chi connectivity index (χ2v) is 3.99. The Labute approximate surface area is 95.4 Å². The number of carbonyl (C=O) groups excluding carboxylic acids is 1. The van der Waals surface area contributed by atoms with Gasteiger partial charge in [-0.2, -0.15) is 0 Å². The minimum Gasteiger partial charge on any atom is -0.491 e. The van der Waals surface area contributed by atoms with E-state index in [9.17, 15) is 4.79 Å². The number of hydrogen-bond acceptors (Lipinski definition) is 3. The van der Waals surface area contributed by atoms with Crippen molar-refractivity contribution in [1.82, 2.24) is 0 Å². The van der Waals surface area contributed by atoms with Gasteiger partial charge in [0.15, 0.2) is 0 Å². The standard InChI is InChI=1S/C13H16O3/c14-9-11-4-3-6-12(8-11)16-10-13-5-1-2-7-15-13/h3-4,6,8-9,13H,1-2,5,7,10H2/t13-/m0/s1. The molecule has 1 aromatic carbocycles. The van der Waals surface area contributed by atoms with Crippen LogP contribution in [0.2, 0.25) is 0 Å². The van der Waals surface area contributed by atoms with Gasteiger partial charge >= 0.3 is 0 Å². The molecule has 0 unspecified atom stereocenters. The molecule has 1 fully saturated rings. The van der Waals surface area contributed by atoms with Gasteiger partial charge in [-0.25, -0.2) is 0 Å². The van der Waals surface area contributed by atoms with Gasteiger partial charge in [0.25, 0.3) is 0 Å². The van der Waals surface area contributed by atoms with Crippen LogP contribution in [0, 0.1) is 0 Å². The van der Waals surface area contributed by atoms with Crippen molar-refractivity contribution in [2.24, 2.45) is 0 Å². The predicted molar refractivity (Wildman–Crippen MR) is 60.9 cm³/mol. The first-order valence-electron chi connectivity index (χ1n) is 5.68. The lowest BCUT2D eigenvalue weighted by Gasteiger charge is -2.22. The SMILES string of the molecule is O=Cc1cccc(OC[C@@H]2CCCCO2)c1. The summed E-state index contributed by atoms with van der Waals surface area (Å²) in [6.45, 7) is 1.41. The Morgan fingerprint density at radius 2 is 2.38 bits per heavy atom. The van der Waals surface area contributed by atoms with Crippen LogP contribution in [0.15, 0.2) is 24.3 Å². The summed E-state index contributed by atoms with van der Waals surface area (Å²) in [5.74, 6) is 0.735. The third-order valence-electron chi connectivity index (χ3n) is 2.70. The van der Waals surface area contributed by atoms with Gasteiger partial charge in [0, 0.05) is 12.2 Å². The van der Waals surface area contributed by atoms with Crippen LogP contribution in [-0.2, 0) is 4.74 Å². The van der Waals surface area contributed by atoms with Gasteiger partial charge in [0.2, 0.25) is 0 Å². The quantitative estimate of drug-likeness (QED) is 0.731. The molecule has 3 heteroatoms. The van der Waals surface area contributed by atoms with Crippen LogP contribution < -0.4 is 4.74 Å². The van der Waals surface area contributed by atoms with E-state index < -0.39 is 0 Å². The number of aldehydes is 1. The zero-order valence-corrected chi connectivity index (χ0v) is 9.22. The van der Waals surface area contributed by atoms with Crippen LogP contribution in [0.5, 0.6) is 5.75 Å². The molecule has 0 aliphatic carbocycles. The van der Waals surface area contributed by atoms with E-state index in [-0.39, 0.29) is 6.10 Å².